The van der Waals surface area contributed by atoms with E-state index in [1.54, 1.807) is 28.8 Å². The van der Waals surface area contributed by atoms with Crippen LogP contribution in [0.5, 0.6) is 5.75 Å². The summed E-state index contributed by atoms with van der Waals surface area (Å²) >= 11 is 1.18. The summed E-state index contributed by atoms with van der Waals surface area (Å²) in [6.07, 6.45) is 3.01. The molecule has 4 aromatic rings. The topological polar surface area (TPSA) is 130 Å². The van der Waals surface area contributed by atoms with Crippen molar-refractivity contribution in [1.82, 2.24) is 4.57 Å². The lowest BCUT2D eigenvalue weighted by molar-refractivity contribution is -0.385. The molecule has 1 aliphatic carbocycles. The Bertz CT molecular complexity index is 1910. The van der Waals surface area contributed by atoms with E-state index in [0.29, 0.717) is 26.9 Å². The molecule has 0 amide bonds. The highest BCUT2D eigenvalue weighted by atomic mass is 32.1. The summed E-state index contributed by atoms with van der Waals surface area (Å²) < 4.78 is 7.01. The molecule has 1 atom stereocenters. The smallest absolute Gasteiger partial charge is 0.311 e. The summed E-state index contributed by atoms with van der Waals surface area (Å²) in [5, 5.41) is 23.1. The quantitative estimate of drug-likeness (QED) is 0.276. The number of methoxy groups -OCH3 is 1. The van der Waals surface area contributed by atoms with Crippen LogP contribution in [0, 0.1) is 20.2 Å². The van der Waals surface area contributed by atoms with Gasteiger partial charge in [-0.1, -0.05) is 53.8 Å². The monoisotopic (exact) mass is 540 g/mol. The average Bonchev–Trinajstić information content (AvgIpc) is 3.25. The third kappa shape index (κ3) is 4.12. The molecule has 3 aromatic carbocycles. The van der Waals surface area contributed by atoms with Gasteiger partial charge < -0.3 is 4.74 Å². The molecule has 0 bridgehead atoms. The summed E-state index contributed by atoms with van der Waals surface area (Å²) in [6, 6.07) is 18.2. The summed E-state index contributed by atoms with van der Waals surface area (Å²) in [7, 11) is 1.36. The van der Waals surface area contributed by atoms with Gasteiger partial charge in [-0.15, -0.1) is 0 Å². The van der Waals surface area contributed by atoms with Crippen LogP contribution in [0.1, 0.15) is 34.7 Å². The number of nitro groups is 2. The van der Waals surface area contributed by atoms with E-state index < -0.39 is 15.9 Å². The van der Waals surface area contributed by atoms with Crippen LogP contribution in [0.15, 0.2) is 82.1 Å². The number of hydrogen-bond acceptors (Lipinski definition) is 8. The lowest BCUT2D eigenvalue weighted by Gasteiger charge is -2.30. The molecule has 2 aliphatic rings. The van der Waals surface area contributed by atoms with Gasteiger partial charge >= 0.3 is 5.69 Å². The van der Waals surface area contributed by atoms with Crippen LogP contribution in [0.4, 0.5) is 11.4 Å². The number of fused-ring (bicyclic) bond motifs is 3. The second-order valence-corrected chi connectivity index (χ2v) is 10.2. The van der Waals surface area contributed by atoms with Gasteiger partial charge in [0.25, 0.3) is 11.2 Å². The van der Waals surface area contributed by atoms with Crippen molar-refractivity contribution in [3.63, 3.8) is 0 Å². The Balaban J connectivity index is 1.60. The van der Waals surface area contributed by atoms with Crippen molar-refractivity contribution < 1.29 is 14.6 Å². The SMILES string of the molecule is COc1ccc(/C=c2/sc3n(c2=O)[C@@H](c2cccc([N+](=O)[O-])c2)C2=C(N=3)c3ccccc3CC2)cc1[N+](=O)[O-]. The predicted octanol–water partition coefficient (Wildman–Crippen LogP) is 4.14. The van der Waals surface area contributed by atoms with Gasteiger partial charge in [0.15, 0.2) is 10.6 Å². The maximum atomic E-state index is 13.8. The number of non-ortho nitro benzene ring substituents is 1. The fourth-order valence-corrected chi connectivity index (χ4v) is 6.22. The van der Waals surface area contributed by atoms with E-state index in [4.69, 9.17) is 9.73 Å². The van der Waals surface area contributed by atoms with E-state index in [9.17, 15) is 25.0 Å². The van der Waals surface area contributed by atoms with Gasteiger partial charge in [-0.3, -0.25) is 29.6 Å². The van der Waals surface area contributed by atoms with Gasteiger partial charge in [0.1, 0.15) is 0 Å². The normalized spacial score (nSPS) is 16.1. The molecule has 0 unspecified atom stereocenters. The van der Waals surface area contributed by atoms with Crippen LogP contribution in [-0.4, -0.2) is 21.5 Å². The Morgan fingerprint density at radius 2 is 1.85 bits per heavy atom. The molecular weight excluding hydrogens is 520 g/mol. The Kier molecular flexibility index (Phi) is 5.92. The molecule has 6 rings (SSSR count). The van der Waals surface area contributed by atoms with Crippen molar-refractivity contribution in [3.8, 4) is 5.75 Å². The number of hydrogen-bond donors (Lipinski definition) is 0. The van der Waals surface area contributed by atoms with Crippen LogP contribution < -0.4 is 19.6 Å². The number of nitrogens with zero attached hydrogens (tertiary/aromatic N) is 4. The first kappa shape index (κ1) is 24.4. The fraction of sp³-hybridized carbons (Fsp3) is 0.143. The number of thiazole rings is 1. The zero-order valence-electron chi connectivity index (χ0n) is 20.6. The molecule has 194 valence electrons. The number of rotatable bonds is 5. The lowest BCUT2D eigenvalue weighted by Crippen LogP contribution is -2.38. The average molecular weight is 541 g/mol. The zero-order valence-corrected chi connectivity index (χ0v) is 21.4. The Labute approximate surface area is 224 Å². The molecule has 0 saturated heterocycles. The van der Waals surface area contributed by atoms with Crippen LogP contribution in [0.25, 0.3) is 11.8 Å². The highest BCUT2D eigenvalue weighted by Gasteiger charge is 2.33. The van der Waals surface area contributed by atoms with Crippen molar-refractivity contribution >= 4 is 34.5 Å². The summed E-state index contributed by atoms with van der Waals surface area (Å²) in [5.74, 6) is 0.121. The number of benzene rings is 3. The Morgan fingerprint density at radius 1 is 1.03 bits per heavy atom. The second kappa shape index (κ2) is 9.44. The first-order chi connectivity index (χ1) is 18.9. The van der Waals surface area contributed by atoms with E-state index in [2.05, 4.69) is 6.07 Å². The van der Waals surface area contributed by atoms with Gasteiger partial charge in [0, 0.05) is 23.8 Å². The number of aromatic nitrogens is 1. The first-order valence-electron chi connectivity index (χ1n) is 12.1. The Hall–Kier alpha value is -4.90. The molecule has 0 radical (unpaired) electrons. The van der Waals surface area contributed by atoms with E-state index in [1.165, 1.54) is 42.7 Å². The zero-order chi connectivity index (χ0) is 27.3. The van der Waals surface area contributed by atoms with Gasteiger partial charge in [0.2, 0.25) is 0 Å². The van der Waals surface area contributed by atoms with Gasteiger partial charge in [-0.2, -0.15) is 0 Å². The van der Waals surface area contributed by atoms with E-state index >= 15 is 0 Å². The van der Waals surface area contributed by atoms with E-state index in [1.807, 2.05) is 18.2 Å². The summed E-state index contributed by atoms with van der Waals surface area (Å²) in [5.41, 5.74) is 4.34. The molecule has 39 heavy (non-hydrogen) atoms. The van der Waals surface area contributed by atoms with Gasteiger partial charge in [0.05, 0.1) is 33.2 Å². The second-order valence-electron chi connectivity index (χ2n) is 9.15. The predicted molar refractivity (Wildman–Crippen MR) is 145 cm³/mol. The molecule has 11 heteroatoms. The van der Waals surface area contributed by atoms with Crippen molar-refractivity contribution in [2.24, 2.45) is 4.99 Å². The van der Waals surface area contributed by atoms with Gasteiger partial charge in [-0.05, 0) is 47.2 Å². The maximum absolute atomic E-state index is 13.8. The number of nitro benzene ring substituents is 2. The number of aryl methyl sites for hydroxylation is 1. The van der Waals surface area contributed by atoms with Crippen molar-refractivity contribution in [3.05, 3.63) is 134 Å². The van der Waals surface area contributed by atoms with Crippen LogP contribution >= 0.6 is 11.3 Å². The third-order valence-electron chi connectivity index (χ3n) is 6.97. The molecule has 10 nitrogen and oxygen atoms in total. The van der Waals surface area contributed by atoms with Crippen LogP contribution in [-0.2, 0) is 6.42 Å². The molecular formula is C28H20N4O6S. The summed E-state index contributed by atoms with van der Waals surface area (Å²) in [4.78, 5) is 41.3. The molecule has 1 aromatic heterocycles. The van der Waals surface area contributed by atoms with Crippen LogP contribution in [0.2, 0.25) is 0 Å². The highest BCUT2D eigenvalue weighted by molar-refractivity contribution is 7.07. The minimum atomic E-state index is -0.572. The third-order valence-corrected chi connectivity index (χ3v) is 7.95. The minimum Gasteiger partial charge on any atom is -0.490 e. The maximum Gasteiger partial charge on any atom is 0.311 e. The lowest BCUT2D eigenvalue weighted by atomic mass is 9.83. The minimum absolute atomic E-state index is 0.0597. The largest absolute Gasteiger partial charge is 0.490 e. The first-order valence-corrected chi connectivity index (χ1v) is 12.9. The Morgan fingerprint density at radius 3 is 2.62 bits per heavy atom. The van der Waals surface area contributed by atoms with Crippen molar-refractivity contribution in [1.29, 1.82) is 0 Å². The molecule has 2 heterocycles. The molecule has 1 aliphatic heterocycles. The van der Waals surface area contributed by atoms with Gasteiger partial charge in [-0.25, -0.2) is 4.99 Å². The molecule has 0 saturated carbocycles. The van der Waals surface area contributed by atoms with Crippen molar-refractivity contribution in [2.45, 2.75) is 18.9 Å². The number of allylic oxidation sites excluding steroid dienone is 1. The molecule has 0 fully saturated rings. The highest BCUT2D eigenvalue weighted by Crippen LogP contribution is 2.41. The fourth-order valence-electron chi connectivity index (χ4n) is 5.22. The summed E-state index contributed by atoms with van der Waals surface area (Å²) in [6.45, 7) is 0. The molecule has 0 N–H and O–H groups in total. The van der Waals surface area contributed by atoms with Crippen molar-refractivity contribution in [2.75, 3.05) is 7.11 Å². The standard InChI is InChI=1S/C28H20N4O6S/c1-38-23-12-9-16(13-22(23)32(36)37)14-24-27(33)30-26(18-6-4-7-19(15-18)31(34)35)21-11-10-17-5-2-3-8-20(17)25(21)29-28(30)39-24/h2-9,12-15,26H,10-11H2,1H3/b24-14+/t26-/m0/s1. The molecule has 0 spiro atoms. The van der Waals surface area contributed by atoms with E-state index in [-0.39, 0.29) is 22.7 Å². The van der Waals surface area contributed by atoms with E-state index in [0.717, 1.165) is 28.8 Å². The van der Waals surface area contributed by atoms with Crippen LogP contribution in [0.3, 0.4) is 0 Å². The number of ether oxygens (including phenoxy) is 1.